The summed E-state index contributed by atoms with van der Waals surface area (Å²) in [6, 6.07) is 11.8. The summed E-state index contributed by atoms with van der Waals surface area (Å²) in [5, 5.41) is 11.1. The number of nitrogens with zero attached hydrogens (tertiary/aromatic N) is 3. The molecule has 3 aromatic rings. The minimum atomic E-state index is -1.22. The first-order valence-electron chi connectivity index (χ1n) is 11.7. The second-order valence-corrected chi connectivity index (χ2v) is 8.72. The van der Waals surface area contributed by atoms with Gasteiger partial charge in [0.05, 0.1) is 33.3 Å². The second-order valence-electron chi connectivity index (χ2n) is 8.72. The Balaban J connectivity index is 1.32. The summed E-state index contributed by atoms with van der Waals surface area (Å²) in [7, 11) is 1.62. The van der Waals surface area contributed by atoms with Gasteiger partial charge in [0.2, 0.25) is 0 Å². The van der Waals surface area contributed by atoms with Crippen LogP contribution in [-0.4, -0.2) is 71.8 Å². The van der Waals surface area contributed by atoms with E-state index in [1.54, 1.807) is 31.8 Å². The predicted octanol–water partition coefficient (Wildman–Crippen LogP) is 3.14. The standard InChI is InChI=1S/C26H32FN3O5/c1-32-25-14-21(6-7-24(25)34-12-3-9-29-10-8-28-20-29)16-30-11-13-33-18-26(31,17-30)19-35-23-5-2-4-22(27)15-23/h2,4-8,10,14-15,20,31H,3,9,11-13,16-19H2,1H3. The van der Waals surface area contributed by atoms with Gasteiger partial charge >= 0.3 is 0 Å². The van der Waals surface area contributed by atoms with Crippen LogP contribution in [-0.2, 0) is 17.8 Å². The lowest BCUT2D eigenvalue weighted by Gasteiger charge is -2.30. The van der Waals surface area contributed by atoms with E-state index in [1.807, 2.05) is 29.0 Å². The number of ether oxygens (including phenoxy) is 4. The molecule has 1 N–H and O–H groups in total. The molecule has 0 aliphatic carbocycles. The zero-order valence-electron chi connectivity index (χ0n) is 19.9. The molecule has 0 radical (unpaired) electrons. The summed E-state index contributed by atoms with van der Waals surface area (Å²) in [6.45, 7) is 3.67. The Hall–Kier alpha value is -3.14. The third-order valence-corrected chi connectivity index (χ3v) is 5.76. The number of benzene rings is 2. The summed E-state index contributed by atoms with van der Waals surface area (Å²) in [4.78, 5) is 6.15. The topological polar surface area (TPSA) is 78.2 Å². The van der Waals surface area contributed by atoms with Crippen molar-refractivity contribution in [3.8, 4) is 17.2 Å². The summed E-state index contributed by atoms with van der Waals surface area (Å²) in [6.07, 6.45) is 6.33. The number of rotatable bonds is 11. The van der Waals surface area contributed by atoms with E-state index in [-0.39, 0.29) is 19.0 Å². The molecule has 0 amide bonds. The zero-order valence-corrected chi connectivity index (χ0v) is 19.9. The van der Waals surface area contributed by atoms with Crippen molar-refractivity contribution in [3.63, 3.8) is 0 Å². The highest BCUT2D eigenvalue weighted by molar-refractivity contribution is 5.43. The highest BCUT2D eigenvalue weighted by atomic mass is 19.1. The molecule has 4 rings (SSSR count). The molecule has 0 spiro atoms. The number of aliphatic hydroxyl groups is 1. The monoisotopic (exact) mass is 485 g/mol. The maximum absolute atomic E-state index is 13.4. The van der Waals surface area contributed by atoms with Crippen LogP contribution in [0.4, 0.5) is 4.39 Å². The van der Waals surface area contributed by atoms with Gasteiger partial charge in [0.1, 0.15) is 23.8 Å². The maximum atomic E-state index is 13.4. The summed E-state index contributed by atoms with van der Waals surface area (Å²) >= 11 is 0. The van der Waals surface area contributed by atoms with E-state index in [9.17, 15) is 9.50 Å². The molecule has 9 heteroatoms. The smallest absolute Gasteiger partial charge is 0.161 e. The molecule has 35 heavy (non-hydrogen) atoms. The van der Waals surface area contributed by atoms with Crippen molar-refractivity contribution in [1.82, 2.24) is 14.5 Å². The van der Waals surface area contributed by atoms with Crippen LogP contribution in [0.15, 0.2) is 61.2 Å². The predicted molar refractivity (Wildman–Crippen MR) is 128 cm³/mol. The molecule has 1 aliphatic heterocycles. The molecular formula is C26H32FN3O5. The lowest BCUT2D eigenvalue weighted by atomic mass is 10.1. The van der Waals surface area contributed by atoms with Gasteiger partial charge in [0.15, 0.2) is 11.5 Å². The van der Waals surface area contributed by atoms with Gasteiger partial charge in [-0.15, -0.1) is 0 Å². The molecular weight excluding hydrogens is 453 g/mol. The van der Waals surface area contributed by atoms with Gasteiger partial charge in [-0.3, -0.25) is 4.90 Å². The van der Waals surface area contributed by atoms with E-state index in [0.717, 1.165) is 18.5 Å². The molecule has 188 valence electrons. The lowest BCUT2D eigenvalue weighted by molar-refractivity contribution is -0.0647. The Morgan fingerprint density at radius 3 is 2.89 bits per heavy atom. The van der Waals surface area contributed by atoms with Gasteiger partial charge < -0.3 is 28.6 Å². The van der Waals surface area contributed by atoms with E-state index < -0.39 is 5.60 Å². The fraction of sp³-hybridized carbons (Fsp3) is 0.423. The van der Waals surface area contributed by atoms with E-state index in [1.165, 1.54) is 12.1 Å². The molecule has 2 heterocycles. The van der Waals surface area contributed by atoms with Gasteiger partial charge in [-0.05, 0) is 36.2 Å². The maximum Gasteiger partial charge on any atom is 0.161 e. The molecule has 0 bridgehead atoms. The largest absolute Gasteiger partial charge is 0.493 e. The number of hydrogen-bond donors (Lipinski definition) is 1. The van der Waals surface area contributed by atoms with E-state index >= 15 is 0 Å². The first kappa shape index (κ1) is 25.0. The quantitative estimate of drug-likeness (QED) is 0.418. The first-order valence-corrected chi connectivity index (χ1v) is 11.7. The van der Waals surface area contributed by atoms with Crippen molar-refractivity contribution in [3.05, 3.63) is 72.6 Å². The molecule has 1 fully saturated rings. The van der Waals surface area contributed by atoms with Gasteiger partial charge in [-0.25, -0.2) is 9.37 Å². The van der Waals surface area contributed by atoms with Gasteiger partial charge in [0, 0.05) is 44.6 Å². The van der Waals surface area contributed by atoms with Crippen LogP contribution in [0.25, 0.3) is 0 Å². The number of halogens is 1. The van der Waals surface area contributed by atoms with Crippen LogP contribution in [0, 0.1) is 5.82 Å². The van der Waals surface area contributed by atoms with E-state index in [4.69, 9.17) is 18.9 Å². The molecule has 1 unspecified atom stereocenters. The highest BCUT2D eigenvalue weighted by Gasteiger charge is 2.33. The molecule has 8 nitrogen and oxygen atoms in total. The van der Waals surface area contributed by atoms with Crippen molar-refractivity contribution in [2.75, 3.05) is 46.6 Å². The Kier molecular flexibility index (Phi) is 8.57. The van der Waals surface area contributed by atoms with Crippen LogP contribution in [0.2, 0.25) is 0 Å². The molecule has 2 aromatic carbocycles. The van der Waals surface area contributed by atoms with Crippen molar-refractivity contribution >= 4 is 0 Å². The van der Waals surface area contributed by atoms with E-state index in [2.05, 4.69) is 9.88 Å². The SMILES string of the molecule is COc1cc(CN2CCOCC(O)(COc3cccc(F)c3)C2)ccc1OCCCn1ccnc1. The third-order valence-electron chi connectivity index (χ3n) is 5.76. The fourth-order valence-corrected chi connectivity index (χ4v) is 4.03. The summed E-state index contributed by atoms with van der Waals surface area (Å²) in [5.74, 6) is 1.36. The number of β-amino-alcohol motifs (C(OH)–C–C–N with tert-alkyl or cyclic N) is 1. The van der Waals surface area contributed by atoms with E-state index in [0.29, 0.717) is 50.1 Å². The first-order chi connectivity index (χ1) is 17.0. The number of aromatic nitrogens is 2. The Labute approximate surface area is 204 Å². The highest BCUT2D eigenvalue weighted by Crippen LogP contribution is 2.29. The third kappa shape index (κ3) is 7.42. The summed E-state index contributed by atoms with van der Waals surface area (Å²) in [5.41, 5.74) is -0.187. The minimum Gasteiger partial charge on any atom is -0.493 e. The van der Waals surface area contributed by atoms with Gasteiger partial charge in [-0.2, -0.15) is 0 Å². The minimum absolute atomic E-state index is 0.00211. The second kappa shape index (κ2) is 12.0. The van der Waals surface area contributed by atoms with Crippen molar-refractivity contribution < 1.29 is 28.4 Å². The van der Waals surface area contributed by atoms with Crippen LogP contribution in [0.1, 0.15) is 12.0 Å². The lowest BCUT2D eigenvalue weighted by Crippen LogP contribution is -2.48. The van der Waals surface area contributed by atoms with Crippen molar-refractivity contribution in [2.45, 2.75) is 25.1 Å². The Morgan fingerprint density at radius 2 is 2.09 bits per heavy atom. The molecule has 1 aliphatic rings. The number of hydrogen-bond acceptors (Lipinski definition) is 7. The number of aryl methyl sites for hydroxylation is 1. The molecule has 1 atom stereocenters. The van der Waals surface area contributed by atoms with Gasteiger partial charge in [-0.1, -0.05) is 12.1 Å². The molecule has 1 saturated heterocycles. The average Bonchev–Trinajstić information content (AvgIpc) is 3.30. The van der Waals surface area contributed by atoms with Crippen LogP contribution < -0.4 is 14.2 Å². The summed E-state index contributed by atoms with van der Waals surface area (Å²) < 4.78 is 38.2. The zero-order chi connectivity index (χ0) is 24.5. The molecule has 1 aromatic heterocycles. The molecule has 0 saturated carbocycles. The van der Waals surface area contributed by atoms with Crippen LogP contribution >= 0.6 is 0 Å². The van der Waals surface area contributed by atoms with Crippen LogP contribution in [0.5, 0.6) is 17.2 Å². The van der Waals surface area contributed by atoms with Crippen molar-refractivity contribution in [2.24, 2.45) is 0 Å². The van der Waals surface area contributed by atoms with Crippen LogP contribution in [0.3, 0.4) is 0 Å². The average molecular weight is 486 g/mol. The van der Waals surface area contributed by atoms with Gasteiger partial charge in [0.25, 0.3) is 0 Å². The fourth-order valence-electron chi connectivity index (χ4n) is 4.03. The van der Waals surface area contributed by atoms with Crippen molar-refractivity contribution in [1.29, 1.82) is 0 Å². The Morgan fingerprint density at radius 1 is 1.17 bits per heavy atom. The number of methoxy groups -OCH3 is 1. The number of imidazole rings is 1. The Bertz CT molecular complexity index is 1060. The normalized spacial score (nSPS) is 18.7.